The summed E-state index contributed by atoms with van der Waals surface area (Å²) in [4.78, 5) is 0. The van der Waals surface area contributed by atoms with Crippen molar-refractivity contribution in [2.45, 2.75) is 6.92 Å². The van der Waals surface area contributed by atoms with Crippen LogP contribution in [0.5, 0.6) is 11.5 Å². The molecule has 0 saturated heterocycles. The maximum Gasteiger partial charge on any atom is 0.171 e. The fraction of sp³-hybridized carbons (Fsp3) is 0.0714. The number of halogens is 2. The first-order valence-electron chi connectivity index (χ1n) is 5.72. The molecule has 0 atom stereocenters. The Hall–Kier alpha value is -1.72. The van der Waals surface area contributed by atoms with Crippen molar-refractivity contribution < 1.29 is 9.94 Å². The zero-order valence-electron chi connectivity index (χ0n) is 10.6. The van der Waals surface area contributed by atoms with E-state index in [1.165, 1.54) is 0 Å². The normalized spacial score (nSPS) is 11.4. The van der Waals surface area contributed by atoms with Gasteiger partial charge in [0.05, 0.1) is 0 Å². The summed E-state index contributed by atoms with van der Waals surface area (Å²) in [7, 11) is 0. The van der Waals surface area contributed by atoms with Crippen LogP contribution in [0.3, 0.4) is 0 Å². The van der Waals surface area contributed by atoms with E-state index in [0.29, 0.717) is 26.6 Å². The molecular formula is C14H12BrClN2O2. The maximum atomic E-state index is 8.68. The number of amidine groups is 1. The molecule has 0 spiro atoms. The summed E-state index contributed by atoms with van der Waals surface area (Å²) < 4.78 is 6.45. The summed E-state index contributed by atoms with van der Waals surface area (Å²) in [6.45, 7) is 1.94. The van der Waals surface area contributed by atoms with Crippen LogP contribution in [0.25, 0.3) is 0 Å². The minimum Gasteiger partial charge on any atom is -0.457 e. The van der Waals surface area contributed by atoms with Gasteiger partial charge in [-0.2, -0.15) is 0 Å². The molecule has 0 aliphatic rings. The van der Waals surface area contributed by atoms with E-state index in [-0.39, 0.29) is 5.84 Å². The van der Waals surface area contributed by atoms with Gasteiger partial charge in [0.15, 0.2) is 5.84 Å². The maximum absolute atomic E-state index is 8.68. The van der Waals surface area contributed by atoms with Crippen LogP contribution in [0.4, 0.5) is 0 Å². The van der Waals surface area contributed by atoms with E-state index >= 15 is 0 Å². The van der Waals surface area contributed by atoms with Crippen molar-refractivity contribution >= 4 is 33.4 Å². The Bertz CT molecular complexity index is 674. The van der Waals surface area contributed by atoms with Crippen molar-refractivity contribution in [2.75, 3.05) is 0 Å². The first-order chi connectivity index (χ1) is 9.51. The van der Waals surface area contributed by atoms with Gasteiger partial charge in [-0.05, 0) is 58.7 Å². The monoisotopic (exact) mass is 354 g/mol. The summed E-state index contributed by atoms with van der Waals surface area (Å²) in [5.74, 6) is 1.33. The second kappa shape index (κ2) is 6.15. The van der Waals surface area contributed by atoms with Crippen LogP contribution < -0.4 is 10.5 Å². The number of aryl methyl sites for hydroxylation is 1. The number of ether oxygens (including phenoxy) is 1. The van der Waals surface area contributed by atoms with Gasteiger partial charge in [-0.3, -0.25) is 0 Å². The molecule has 0 heterocycles. The second-order valence-corrected chi connectivity index (χ2v) is 5.43. The van der Waals surface area contributed by atoms with Crippen LogP contribution in [-0.2, 0) is 0 Å². The van der Waals surface area contributed by atoms with Gasteiger partial charge in [-0.15, -0.1) is 0 Å². The molecule has 6 heteroatoms. The minimum absolute atomic E-state index is 0.0300. The van der Waals surface area contributed by atoms with E-state index in [9.17, 15) is 0 Å². The molecule has 20 heavy (non-hydrogen) atoms. The highest BCUT2D eigenvalue weighted by molar-refractivity contribution is 9.10. The smallest absolute Gasteiger partial charge is 0.171 e. The van der Waals surface area contributed by atoms with E-state index in [2.05, 4.69) is 21.1 Å². The average molecular weight is 356 g/mol. The molecule has 0 amide bonds. The number of benzene rings is 2. The van der Waals surface area contributed by atoms with Crippen LogP contribution >= 0.6 is 27.5 Å². The molecule has 0 radical (unpaired) electrons. The Balaban J connectivity index is 2.31. The van der Waals surface area contributed by atoms with Gasteiger partial charge in [0.2, 0.25) is 0 Å². The molecule has 0 saturated carbocycles. The average Bonchev–Trinajstić information content (AvgIpc) is 2.42. The number of rotatable bonds is 3. The topological polar surface area (TPSA) is 67.8 Å². The predicted molar refractivity (Wildman–Crippen MR) is 82.9 cm³/mol. The zero-order valence-corrected chi connectivity index (χ0v) is 12.9. The van der Waals surface area contributed by atoms with Crippen LogP contribution in [0, 0.1) is 6.92 Å². The molecular weight excluding hydrogens is 344 g/mol. The Labute approximate surface area is 129 Å². The summed E-state index contributed by atoms with van der Waals surface area (Å²) in [6.07, 6.45) is 0. The van der Waals surface area contributed by atoms with E-state index < -0.39 is 0 Å². The van der Waals surface area contributed by atoms with E-state index in [0.717, 1.165) is 5.56 Å². The van der Waals surface area contributed by atoms with Gasteiger partial charge in [-0.25, -0.2) is 0 Å². The molecule has 2 aromatic carbocycles. The van der Waals surface area contributed by atoms with Gasteiger partial charge >= 0.3 is 0 Å². The van der Waals surface area contributed by atoms with Crippen molar-refractivity contribution in [1.82, 2.24) is 0 Å². The van der Waals surface area contributed by atoms with Crippen LogP contribution in [-0.4, -0.2) is 11.0 Å². The molecule has 3 N–H and O–H groups in total. The van der Waals surface area contributed by atoms with E-state index in [1.807, 2.05) is 13.0 Å². The van der Waals surface area contributed by atoms with Crippen molar-refractivity contribution in [1.29, 1.82) is 0 Å². The molecule has 0 aliphatic carbocycles. The SMILES string of the molecule is Cc1ccc(Cl)cc1Oc1ccc(/C(N)=N/O)c(Br)c1. The standard InChI is InChI=1S/C14H12BrClN2O2/c1-8-2-3-9(16)6-13(8)20-10-4-5-11(12(15)7-10)14(17)18-19/h2-7,19H,1H3,(H2,17,18). The quantitative estimate of drug-likeness (QED) is 0.373. The third-order valence-corrected chi connectivity index (χ3v) is 3.59. The summed E-state index contributed by atoms with van der Waals surface area (Å²) >= 11 is 9.31. The van der Waals surface area contributed by atoms with Gasteiger partial charge in [0.25, 0.3) is 0 Å². The molecule has 2 aromatic rings. The fourth-order valence-electron chi connectivity index (χ4n) is 1.63. The molecule has 0 unspecified atom stereocenters. The molecule has 4 nitrogen and oxygen atoms in total. The first kappa shape index (κ1) is 14.7. The van der Waals surface area contributed by atoms with Gasteiger partial charge in [0.1, 0.15) is 11.5 Å². The van der Waals surface area contributed by atoms with Gasteiger partial charge in [-0.1, -0.05) is 22.8 Å². The number of hydrogen-bond donors (Lipinski definition) is 2. The highest BCUT2D eigenvalue weighted by atomic mass is 79.9. The zero-order chi connectivity index (χ0) is 14.7. The van der Waals surface area contributed by atoms with Crippen molar-refractivity contribution in [3.63, 3.8) is 0 Å². The molecule has 0 aliphatic heterocycles. The second-order valence-electron chi connectivity index (χ2n) is 4.14. The Morgan fingerprint density at radius 3 is 2.70 bits per heavy atom. The number of nitrogens with two attached hydrogens (primary N) is 1. The molecule has 2 rings (SSSR count). The van der Waals surface area contributed by atoms with Gasteiger partial charge < -0.3 is 15.7 Å². The first-order valence-corrected chi connectivity index (χ1v) is 6.90. The lowest BCUT2D eigenvalue weighted by Gasteiger charge is -2.10. The number of hydrogen-bond acceptors (Lipinski definition) is 3. The molecule has 0 fully saturated rings. The third-order valence-electron chi connectivity index (χ3n) is 2.70. The number of oxime groups is 1. The van der Waals surface area contributed by atoms with Crippen molar-refractivity contribution in [3.8, 4) is 11.5 Å². The van der Waals surface area contributed by atoms with Crippen molar-refractivity contribution in [3.05, 3.63) is 57.0 Å². The number of nitrogens with zero attached hydrogens (tertiary/aromatic N) is 1. The molecule has 0 aromatic heterocycles. The lowest BCUT2D eigenvalue weighted by molar-refractivity contribution is 0.318. The largest absolute Gasteiger partial charge is 0.457 e. The third kappa shape index (κ3) is 3.23. The van der Waals surface area contributed by atoms with Crippen LogP contribution in [0.1, 0.15) is 11.1 Å². The Morgan fingerprint density at radius 1 is 1.30 bits per heavy atom. The summed E-state index contributed by atoms with van der Waals surface area (Å²) in [5, 5.41) is 12.3. The predicted octanol–water partition coefficient (Wildman–Crippen LogP) is 4.30. The lowest BCUT2D eigenvalue weighted by Crippen LogP contribution is -2.13. The molecule has 0 bridgehead atoms. The van der Waals surface area contributed by atoms with Crippen LogP contribution in [0.2, 0.25) is 5.02 Å². The molecule has 104 valence electrons. The van der Waals surface area contributed by atoms with E-state index in [4.69, 9.17) is 27.3 Å². The van der Waals surface area contributed by atoms with Gasteiger partial charge in [0, 0.05) is 15.1 Å². The van der Waals surface area contributed by atoms with E-state index in [1.54, 1.807) is 30.3 Å². The lowest BCUT2D eigenvalue weighted by atomic mass is 10.2. The fourth-order valence-corrected chi connectivity index (χ4v) is 2.35. The Kier molecular flexibility index (Phi) is 4.52. The minimum atomic E-state index is 0.0300. The Morgan fingerprint density at radius 2 is 2.05 bits per heavy atom. The summed E-state index contributed by atoms with van der Waals surface area (Å²) in [5.41, 5.74) is 7.12. The van der Waals surface area contributed by atoms with Crippen LogP contribution in [0.15, 0.2) is 46.0 Å². The highest BCUT2D eigenvalue weighted by Gasteiger charge is 2.08. The highest BCUT2D eigenvalue weighted by Crippen LogP contribution is 2.30. The summed E-state index contributed by atoms with van der Waals surface area (Å²) in [6, 6.07) is 10.6. The van der Waals surface area contributed by atoms with Crippen molar-refractivity contribution in [2.24, 2.45) is 10.9 Å².